The van der Waals surface area contributed by atoms with Gasteiger partial charge in [0.1, 0.15) is 0 Å². The first kappa shape index (κ1) is 16.5. The minimum Gasteiger partial charge on any atom is -0.267 e. The van der Waals surface area contributed by atoms with E-state index >= 15 is 0 Å². The monoisotopic (exact) mass is 364 g/mol. The fourth-order valence-electron chi connectivity index (χ4n) is 3.01. The Morgan fingerprint density at radius 1 is 1.19 bits per heavy atom. The van der Waals surface area contributed by atoms with Gasteiger partial charge in [0, 0.05) is 27.5 Å². The molecule has 26 heavy (non-hydrogen) atoms. The van der Waals surface area contributed by atoms with E-state index in [-0.39, 0.29) is 11.3 Å². The third-order valence-electron chi connectivity index (χ3n) is 4.21. The number of H-pyrrole nitrogens is 1. The van der Waals surface area contributed by atoms with Gasteiger partial charge in [-0.3, -0.25) is 9.59 Å². The lowest BCUT2D eigenvalue weighted by Crippen LogP contribution is -2.25. The fourth-order valence-corrected chi connectivity index (χ4v) is 4.16. The van der Waals surface area contributed by atoms with Crippen molar-refractivity contribution >= 4 is 34.2 Å². The van der Waals surface area contributed by atoms with Gasteiger partial charge in [-0.15, -0.1) is 11.8 Å². The van der Waals surface area contributed by atoms with Crippen LogP contribution in [0.4, 0.5) is 0 Å². The van der Waals surface area contributed by atoms with Crippen LogP contribution in [0.3, 0.4) is 0 Å². The number of hydrogen-bond acceptors (Lipinski definition) is 5. The zero-order chi connectivity index (χ0) is 18.1. The molecule has 1 aliphatic heterocycles. The van der Waals surface area contributed by atoms with Gasteiger partial charge in [-0.1, -0.05) is 43.3 Å². The molecule has 0 fully saturated rings. The summed E-state index contributed by atoms with van der Waals surface area (Å²) in [6.07, 6.45) is 0.766. The largest absolute Gasteiger partial charge is 0.292 e. The molecule has 2 N–H and O–H groups in total. The van der Waals surface area contributed by atoms with Crippen molar-refractivity contribution in [2.75, 3.05) is 0 Å². The summed E-state index contributed by atoms with van der Waals surface area (Å²) >= 11 is 1.80. The minimum atomic E-state index is -0.451. The number of hydrogen-bond donors (Lipinski definition) is 2. The molecule has 1 unspecified atom stereocenters. The van der Waals surface area contributed by atoms with Crippen molar-refractivity contribution < 1.29 is 4.79 Å². The number of thioether (sulfide) groups is 1. The van der Waals surface area contributed by atoms with Crippen molar-refractivity contribution in [2.45, 2.75) is 23.5 Å². The average Bonchev–Trinajstić information content (AvgIpc) is 2.66. The van der Waals surface area contributed by atoms with E-state index in [0.29, 0.717) is 16.0 Å². The molecule has 0 radical (unpaired) electrons. The fraction of sp³-hybridized carbons (Fsp3) is 0.158. The van der Waals surface area contributed by atoms with Crippen LogP contribution in [0, 0.1) is 0 Å². The Kier molecular flexibility index (Phi) is 4.30. The van der Waals surface area contributed by atoms with Gasteiger partial charge >= 0.3 is 0 Å². The van der Waals surface area contributed by atoms with E-state index in [1.54, 1.807) is 36.0 Å². The molecule has 1 atom stereocenters. The van der Waals surface area contributed by atoms with Gasteiger partial charge in [0.2, 0.25) is 0 Å². The van der Waals surface area contributed by atoms with Crippen molar-refractivity contribution in [3.8, 4) is 0 Å². The Bertz CT molecular complexity index is 1090. The van der Waals surface area contributed by atoms with Gasteiger partial charge in [0.15, 0.2) is 5.69 Å². The molecule has 6 nitrogen and oxygen atoms in total. The van der Waals surface area contributed by atoms with Crippen LogP contribution in [-0.4, -0.2) is 27.1 Å². The topological polar surface area (TPSA) is 87.2 Å². The molecule has 1 aliphatic rings. The number of carbonyl (C=O) groups is 1. The summed E-state index contributed by atoms with van der Waals surface area (Å²) in [4.78, 5) is 25.6. The van der Waals surface area contributed by atoms with Gasteiger partial charge in [0.05, 0.1) is 11.1 Å². The summed E-state index contributed by atoms with van der Waals surface area (Å²) in [6, 6.07) is 14.9. The van der Waals surface area contributed by atoms with E-state index in [0.717, 1.165) is 22.6 Å². The van der Waals surface area contributed by atoms with Crippen LogP contribution in [0.1, 0.15) is 29.4 Å². The number of carbonyl (C=O) groups excluding carboxylic acids is 1. The lowest BCUT2D eigenvalue weighted by atomic mass is 10.1. The molecular weight excluding hydrogens is 348 g/mol. The molecule has 0 aliphatic carbocycles. The number of fused-ring (bicyclic) bond motifs is 2. The highest BCUT2D eigenvalue weighted by molar-refractivity contribution is 8.00. The quantitative estimate of drug-likeness (QED) is 0.685. The van der Waals surface area contributed by atoms with E-state index < -0.39 is 5.91 Å². The predicted octanol–water partition coefficient (Wildman–Crippen LogP) is 2.94. The summed E-state index contributed by atoms with van der Waals surface area (Å²) < 4.78 is 0. The molecule has 3 aromatic rings. The normalized spacial score (nSPS) is 17.9. The first-order valence-electron chi connectivity index (χ1n) is 8.24. The summed E-state index contributed by atoms with van der Waals surface area (Å²) in [6.45, 7) is 2.13. The number of benzene rings is 2. The van der Waals surface area contributed by atoms with Crippen LogP contribution in [0.2, 0.25) is 0 Å². The maximum atomic E-state index is 12.6. The standard InChI is InChI=1S/C19H16N4O2S/c1-11-10-15(14-8-4-5-9-16(14)26-11)20-23-19(25)17-12-6-2-3-7-13(12)18(24)22-21-17/h2-9,11H,10H2,1H3,(H,22,24)(H,23,25)/b20-15+. The lowest BCUT2D eigenvalue weighted by Gasteiger charge is -2.22. The summed E-state index contributed by atoms with van der Waals surface area (Å²) in [5, 5.41) is 11.9. The minimum absolute atomic E-state index is 0.149. The Morgan fingerprint density at radius 2 is 1.92 bits per heavy atom. The van der Waals surface area contributed by atoms with Crippen molar-refractivity contribution in [3.63, 3.8) is 0 Å². The van der Waals surface area contributed by atoms with Gasteiger partial charge < -0.3 is 0 Å². The number of nitrogens with one attached hydrogen (secondary N) is 2. The highest BCUT2D eigenvalue weighted by Gasteiger charge is 2.22. The number of rotatable bonds is 2. The number of aromatic nitrogens is 2. The van der Waals surface area contributed by atoms with Gasteiger partial charge in [0.25, 0.3) is 11.5 Å². The van der Waals surface area contributed by atoms with E-state index in [1.807, 2.05) is 18.2 Å². The van der Waals surface area contributed by atoms with E-state index in [9.17, 15) is 9.59 Å². The van der Waals surface area contributed by atoms with Crippen LogP contribution >= 0.6 is 11.8 Å². The molecule has 4 rings (SSSR count). The van der Waals surface area contributed by atoms with Crippen molar-refractivity contribution in [1.82, 2.24) is 15.6 Å². The second-order valence-electron chi connectivity index (χ2n) is 6.08. The zero-order valence-corrected chi connectivity index (χ0v) is 14.8. The number of nitrogens with zero attached hydrogens (tertiary/aromatic N) is 2. The highest BCUT2D eigenvalue weighted by Crippen LogP contribution is 2.34. The number of aromatic amines is 1. The van der Waals surface area contributed by atoms with E-state index in [4.69, 9.17) is 0 Å². The summed E-state index contributed by atoms with van der Waals surface area (Å²) in [5.41, 5.74) is 4.30. The Labute approximate surface area is 153 Å². The first-order valence-corrected chi connectivity index (χ1v) is 9.12. The van der Waals surface area contributed by atoms with Crippen LogP contribution in [0.5, 0.6) is 0 Å². The highest BCUT2D eigenvalue weighted by atomic mass is 32.2. The third-order valence-corrected chi connectivity index (χ3v) is 5.39. The molecule has 0 bridgehead atoms. The summed E-state index contributed by atoms with van der Waals surface area (Å²) in [5.74, 6) is -0.451. The maximum Gasteiger partial charge on any atom is 0.292 e. The lowest BCUT2D eigenvalue weighted by molar-refractivity contribution is 0.0950. The second kappa shape index (κ2) is 6.76. The predicted molar refractivity (Wildman–Crippen MR) is 103 cm³/mol. The Morgan fingerprint density at radius 3 is 2.77 bits per heavy atom. The molecule has 0 saturated carbocycles. The second-order valence-corrected chi connectivity index (χ2v) is 7.56. The van der Waals surface area contributed by atoms with Crippen molar-refractivity contribution in [2.24, 2.45) is 5.10 Å². The van der Waals surface area contributed by atoms with E-state index in [1.165, 1.54) is 0 Å². The Balaban J connectivity index is 1.67. The Hall–Kier alpha value is -2.93. The molecule has 7 heteroatoms. The molecule has 1 amide bonds. The summed E-state index contributed by atoms with van der Waals surface area (Å²) in [7, 11) is 0. The molecule has 0 spiro atoms. The molecule has 0 saturated heterocycles. The van der Waals surface area contributed by atoms with Crippen LogP contribution in [0.25, 0.3) is 10.8 Å². The SMILES string of the molecule is CC1C/C(=N\NC(=O)c2n[nH]c(=O)c3ccccc23)c2ccccc2S1. The smallest absolute Gasteiger partial charge is 0.267 e. The van der Waals surface area contributed by atoms with Crippen LogP contribution in [0.15, 0.2) is 63.3 Å². The van der Waals surface area contributed by atoms with E-state index in [2.05, 4.69) is 33.7 Å². The first-order chi connectivity index (χ1) is 12.6. The van der Waals surface area contributed by atoms with Crippen molar-refractivity contribution in [3.05, 3.63) is 70.1 Å². The number of hydrazone groups is 1. The van der Waals surface area contributed by atoms with Gasteiger partial charge in [-0.05, 0) is 12.1 Å². The molecule has 2 aromatic carbocycles. The van der Waals surface area contributed by atoms with Crippen molar-refractivity contribution in [1.29, 1.82) is 0 Å². The van der Waals surface area contributed by atoms with Crippen LogP contribution < -0.4 is 11.0 Å². The van der Waals surface area contributed by atoms with Crippen LogP contribution in [-0.2, 0) is 0 Å². The molecule has 130 valence electrons. The van der Waals surface area contributed by atoms with Gasteiger partial charge in [-0.2, -0.15) is 10.2 Å². The average molecular weight is 364 g/mol. The number of amides is 1. The molecular formula is C19H16N4O2S. The van der Waals surface area contributed by atoms with Gasteiger partial charge in [-0.25, -0.2) is 10.5 Å². The zero-order valence-electron chi connectivity index (χ0n) is 14.0. The third kappa shape index (κ3) is 3.01. The molecule has 2 heterocycles. The maximum absolute atomic E-state index is 12.6. The molecule has 1 aromatic heterocycles.